The van der Waals surface area contributed by atoms with Crippen molar-refractivity contribution in [3.8, 4) is 33.8 Å². The van der Waals surface area contributed by atoms with Crippen LogP contribution in [0.15, 0.2) is 103 Å². The van der Waals surface area contributed by atoms with Gasteiger partial charge in [0.25, 0.3) is 0 Å². The molecular formula is C58H64N6O4. The summed E-state index contributed by atoms with van der Waals surface area (Å²) in [7, 11) is 3.52. The molecule has 2 aromatic heterocycles. The fourth-order valence-corrected chi connectivity index (χ4v) is 11.5. The third-order valence-electron chi connectivity index (χ3n) is 14.5. The van der Waals surface area contributed by atoms with Crippen molar-refractivity contribution in [2.45, 2.75) is 115 Å². The van der Waals surface area contributed by atoms with E-state index >= 15 is 0 Å². The van der Waals surface area contributed by atoms with E-state index in [0.29, 0.717) is 53.8 Å². The van der Waals surface area contributed by atoms with Crippen molar-refractivity contribution in [1.29, 1.82) is 0 Å². The molecule has 6 aromatic rings. The Morgan fingerprint density at radius 3 is 1.51 bits per heavy atom. The molecule has 0 bridgehead atoms. The van der Waals surface area contributed by atoms with Gasteiger partial charge in [-0.3, -0.25) is 19.8 Å². The summed E-state index contributed by atoms with van der Waals surface area (Å²) in [6.45, 7) is 27.2. The third-order valence-corrected chi connectivity index (χ3v) is 14.5. The molecule has 4 heterocycles. The van der Waals surface area contributed by atoms with E-state index in [1.807, 2.05) is 60.9 Å². The molecule has 10 heteroatoms. The quantitative estimate of drug-likeness (QED) is 0.140. The molecule has 350 valence electrons. The van der Waals surface area contributed by atoms with Crippen molar-refractivity contribution in [1.82, 2.24) is 19.8 Å². The molecule has 68 heavy (non-hydrogen) atoms. The summed E-state index contributed by atoms with van der Waals surface area (Å²) in [5, 5.41) is 2.08. The number of nitrogens with zero attached hydrogens (tertiary/aromatic N) is 6. The van der Waals surface area contributed by atoms with E-state index in [9.17, 15) is 0 Å². The average Bonchev–Trinajstić information content (AvgIpc) is 3.37. The van der Waals surface area contributed by atoms with Crippen molar-refractivity contribution in [2.24, 2.45) is 0 Å². The minimum atomic E-state index is 0.297. The molecule has 4 aromatic carbocycles. The van der Waals surface area contributed by atoms with Crippen molar-refractivity contribution in [3.63, 3.8) is 0 Å². The third kappa shape index (κ3) is 10.0. The van der Waals surface area contributed by atoms with Gasteiger partial charge in [0.2, 0.25) is 0 Å². The molecule has 10 nitrogen and oxygen atoms in total. The van der Waals surface area contributed by atoms with Crippen LogP contribution in [0.2, 0.25) is 0 Å². The monoisotopic (exact) mass is 908 g/mol. The van der Waals surface area contributed by atoms with Crippen LogP contribution in [-0.2, 0) is 9.47 Å². The van der Waals surface area contributed by atoms with Gasteiger partial charge in [-0.25, -0.2) is 9.69 Å². The van der Waals surface area contributed by atoms with Gasteiger partial charge >= 0.3 is 0 Å². The predicted octanol–water partition coefficient (Wildman–Crippen LogP) is 13.1. The van der Waals surface area contributed by atoms with Crippen LogP contribution >= 0.6 is 0 Å². The van der Waals surface area contributed by atoms with Gasteiger partial charge in [-0.15, -0.1) is 0 Å². The van der Waals surface area contributed by atoms with Gasteiger partial charge in [0.15, 0.2) is 11.4 Å². The van der Waals surface area contributed by atoms with Crippen LogP contribution in [0.1, 0.15) is 89.7 Å². The van der Waals surface area contributed by atoms with E-state index in [0.717, 1.165) is 119 Å². The van der Waals surface area contributed by atoms with E-state index in [-0.39, 0.29) is 0 Å². The normalized spacial score (nSPS) is 24.5. The van der Waals surface area contributed by atoms with Crippen molar-refractivity contribution < 1.29 is 18.9 Å². The maximum atomic E-state index is 7.20. The molecule has 4 aliphatic rings. The lowest BCUT2D eigenvalue weighted by atomic mass is 9.80. The van der Waals surface area contributed by atoms with Gasteiger partial charge in [-0.05, 0) is 107 Å². The average molecular weight is 909 g/mol. The molecule has 0 spiro atoms. The SMILES string of the molecule is [C-]#[N+]c1ccc(-c2cccc3c(OC)c(C4=CCC(N5C[C@@H](C)O[C@@H](C)C5)CC4)cnc23)cc1.[C-]#[N+]c1ccc(-c2cccc3c(OC)c(C4CCC(N5C[C@@H](C)O[C@@H](C)C5)CC4)cnc23)cc1. The van der Waals surface area contributed by atoms with E-state index in [4.69, 9.17) is 42.1 Å². The number of rotatable bonds is 8. The number of aromatic nitrogens is 2. The number of methoxy groups -OCH3 is 2. The van der Waals surface area contributed by atoms with Gasteiger partial charge in [-0.1, -0.05) is 78.9 Å². The van der Waals surface area contributed by atoms with Crippen LogP contribution in [0.5, 0.6) is 11.5 Å². The van der Waals surface area contributed by atoms with Crippen molar-refractivity contribution in [3.05, 3.63) is 137 Å². The Labute approximate surface area is 402 Å². The molecule has 2 aliphatic heterocycles. The van der Waals surface area contributed by atoms with Crippen molar-refractivity contribution in [2.75, 3.05) is 40.4 Å². The van der Waals surface area contributed by atoms with Crippen molar-refractivity contribution >= 4 is 38.8 Å². The summed E-state index contributed by atoms with van der Waals surface area (Å²) in [5.74, 6) is 2.32. The zero-order chi connectivity index (χ0) is 47.3. The lowest BCUT2D eigenvalue weighted by Gasteiger charge is -2.43. The number of hydrogen-bond acceptors (Lipinski definition) is 8. The van der Waals surface area contributed by atoms with Crippen LogP contribution in [0.25, 0.3) is 59.3 Å². The topological polar surface area (TPSA) is 77.9 Å². The lowest BCUT2D eigenvalue weighted by molar-refractivity contribution is -0.0844. The number of fused-ring (bicyclic) bond motifs is 2. The second-order valence-electron chi connectivity index (χ2n) is 19.3. The fourth-order valence-electron chi connectivity index (χ4n) is 11.5. The minimum absolute atomic E-state index is 0.297. The first-order valence-electron chi connectivity index (χ1n) is 24.5. The van der Waals surface area contributed by atoms with E-state index < -0.39 is 0 Å². The number of allylic oxidation sites excluding steroid dienone is 1. The minimum Gasteiger partial charge on any atom is -0.496 e. The highest BCUT2D eigenvalue weighted by atomic mass is 16.5. The Morgan fingerprint density at radius 1 is 0.559 bits per heavy atom. The van der Waals surface area contributed by atoms with E-state index in [1.54, 1.807) is 14.2 Å². The molecule has 10 rings (SSSR count). The highest BCUT2D eigenvalue weighted by Gasteiger charge is 2.33. The van der Waals surface area contributed by atoms with E-state index in [2.05, 4.69) is 89.7 Å². The standard InChI is InChI=1S/C29H33N3O2.C29H31N3O2/c2*1-19-17-32(18-20(2)34-19)24-14-10-22(11-15-24)27-16-31-28-25(6-5-7-26(28)29(27)33-4)21-8-12-23(30-3)13-9-21/h5-9,12-13,16,19-20,22,24H,10-11,14-15,17-18H2,1-2,4H3;5-10,12-13,16,19-20,24H,11,14-15,17-18H2,1-2,4H3/t19-,20+,22?,24?;19-,20+,24?. The lowest BCUT2D eigenvalue weighted by Crippen LogP contribution is -2.50. The van der Waals surface area contributed by atoms with Crippen LogP contribution in [0.4, 0.5) is 11.4 Å². The predicted molar refractivity (Wildman–Crippen MR) is 274 cm³/mol. The van der Waals surface area contributed by atoms with Gasteiger partial charge in [-0.2, -0.15) is 0 Å². The summed E-state index contributed by atoms with van der Waals surface area (Å²) in [6.07, 6.45) is 15.6. The van der Waals surface area contributed by atoms with Gasteiger partial charge in [0, 0.05) is 83.7 Å². The second kappa shape index (κ2) is 21.0. The molecule has 0 radical (unpaired) electrons. The number of morpholine rings is 2. The molecule has 3 fully saturated rings. The van der Waals surface area contributed by atoms with E-state index in [1.165, 1.54) is 24.0 Å². The molecular weight excluding hydrogens is 845 g/mol. The van der Waals surface area contributed by atoms with Gasteiger partial charge < -0.3 is 18.9 Å². The summed E-state index contributed by atoms with van der Waals surface area (Å²) in [4.78, 5) is 22.1. The zero-order valence-corrected chi connectivity index (χ0v) is 40.5. The number of ether oxygens (including phenoxy) is 4. The Morgan fingerprint density at radius 2 is 1.04 bits per heavy atom. The second-order valence-corrected chi connectivity index (χ2v) is 19.3. The molecule has 0 amide bonds. The smallest absolute Gasteiger partial charge is 0.187 e. The molecule has 0 N–H and O–H groups in total. The molecule has 5 atom stereocenters. The first-order valence-corrected chi connectivity index (χ1v) is 24.5. The number of hydrogen-bond donors (Lipinski definition) is 0. The van der Waals surface area contributed by atoms with Crippen LogP contribution in [0, 0.1) is 13.1 Å². The van der Waals surface area contributed by atoms with Crippen LogP contribution < -0.4 is 9.47 Å². The summed E-state index contributed by atoms with van der Waals surface area (Å²) < 4.78 is 23.8. The summed E-state index contributed by atoms with van der Waals surface area (Å²) in [5.41, 5.74) is 11.0. The highest BCUT2D eigenvalue weighted by Crippen LogP contribution is 2.44. The Bertz CT molecular complexity index is 2820. The number of pyridine rings is 2. The summed E-state index contributed by atoms with van der Waals surface area (Å²) in [6, 6.07) is 29.1. The molecule has 1 unspecified atom stereocenters. The van der Waals surface area contributed by atoms with Gasteiger partial charge in [0.05, 0.1) is 62.8 Å². The highest BCUT2D eigenvalue weighted by molar-refractivity contribution is 6.00. The molecule has 2 saturated heterocycles. The number of para-hydroxylation sites is 2. The first kappa shape index (κ1) is 46.9. The molecule has 2 aliphatic carbocycles. The Kier molecular flexibility index (Phi) is 14.5. The number of benzene rings is 4. The Hall–Kier alpha value is -6.14. The first-order chi connectivity index (χ1) is 33.1. The summed E-state index contributed by atoms with van der Waals surface area (Å²) >= 11 is 0. The largest absolute Gasteiger partial charge is 0.496 e. The maximum absolute atomic E-state index is 7.20. The van der Waals surface area contributed by atoms with Crippen LogP contribution in [-0.4, -0.2) is 96.7 Å². The fraction of sp³-hybridized carbons (Fsp3) is 0.414. The molecule has 1 saturated carbocycles. The zero-order valence-electron chi connectivity index (χ0n) is 40.5. The van der Waals surface area contributed by atoms with Gasteiger partial charge in [0.1, 0.15) is 11.5 Å². The van der Waals surface area contributed by atoms with Crippen LogP contribution in [0.3, 0.4) is 0 Å². The Balaban J connectivity index is 0.000000170. The maximum Gasteiger partial charge on any atom is 0.187 e.